The van der Waals surface area contributed by atoms with Crippen molar-refractivity contribution in [3.05, 3.63) is 51.9 Å². The molecular formula is C14H15N5O2S. The lowest BCUT2D eigenvalue weighted by Crippen LogP contribution is -2.32. The molecule has 1 N–H and O–H groups in total. The molecule has 0 aliphatic carbocycles. The minimum atomic E-state index is -0.112. The van der Waals surface area contributed by atoms with Crippen molar-refractivity contribution in [2.24, 2.45) is 0 Å². The van der Waals surface area contributed by atoms with E-state index in [2.05, 4.69) is 15.3 Å². The molecule has 3 aromatic heterocycles. The number of hydrogen-bond acceptors (Lipinski definition) is 5. The minimum Gasteiger partial charge on any atom is -0.354 e. The van der Waals surface area contributed by atoms with Gasteiger partial charge in [0.15, 0.2) is 4.96 Å². The van der Waals surface area contributed by atoms with Gasteiger partial charge in [0.05, 0.1) is 18.4 Å². The van der Waals surface area contributed by atoms with Gasteiger partial charge >= 0.3 is 0 Å². The largest absolute Gasteiger partial charge is 0.354 e. The third kappa shape index (κ3) is 3.06. The molecule has 3 aromatic rings. The molecule has 7 nitrogen and oxygen atoms in total. The van der Waals surface area contributed by atoms with E-state index >= 15 is 0 Å². The topological polar surface area (TPSA) is 81.3 Å². The fourth-order valence-corrected chi connectivity index (χ4v) is 2.84. The van der Waals surface area contributed by atoms with Crippen molar-refractivity contribution in [2.75, 3.05) is 6.54 Å². The summed E-state index contributed by atoms with van der Waals surface area (Å²) in [6, 6.07) is 0. The molecule has 114 valence electrons. The number of hydrogen-bond donors (Lipinski definition) is 1. The Morgan fingerprint density at radius 3 is 3.14 bits per heavy atom. The van der Waals surface area contributed by atoms with Crippen LogP contribution in [0.4, 0.5) is 0 Å². The normalized spacial score (nSPS) is 11.0. The zero-order chi connectivity index (χ0) is 15.5. The van der Waals surface area contributed by atoms with E-state index in [0.29, 0.717) is 18.7 Å². The van der Waals surface area contributed by atoms with E-state index in [9.17, 15) is 9.59 Å². The maximum atomic E-state index is 11.9. The molecule has 0 bridgehead atoms. The first-order chi connectivity index (χ1) is 10.6. The van der Waals surface area contributed by atoms with E-state index in [1.54, 1.807) is 6.92 Å². The van der Waals surface area contributed by atoms with Crippen LogP contribution >= 0.6 is 11.3 Å². The number of thiazole rings is 1. The summed E-state index contributed by atoms with van der Waals surface area (Å²) in [5, 5.41) is 4.73. The lowest BCUT2D eigenvalue weighted by Gasteiger charge is -2.07. The third-order valence-corrected chi connectivity index (χ3v) is 4.00. The Morgan fingerprint density at radius 1 is 1.45 bits per heavy atom. The molecule has 0 aromatic carbocycles. The molecular weight excluding hydrogens is 302 g/mol. The average Bonchev–Trinajstić information content (AvgIpc) is 3.04. The molecule has 0 spiro atoms. The van der Waals surface area contributed by atoms with Gasteiger partial charge < -0.3 is 5.32 Å². The van der Waals surface area contributed by atoms with Gasteiger partial charge in [0.1, 0.15) is 0 Å². The number of nitrogens with one attached hydrogen (secondary N) is 1. The van der Waals surface area contributed by atoms with E-state index in [1.807, 2.05) is 22.2 Å². The number of carbonyl (C=O) groups excluding carboxylic acids is 1. The summed E-state index contributed by atoms with van der Waals surface area (Å²) in [5.41, 5.74) is 1.24. The predicted molar refractivity (Wildman–Crippen MR) is 83.0 cm³/mol. The van der Waals surface area contributed by atoms with E-state index in [-0.39, 0.29) is 17.9 Å². The van der Waals surface area contributed by atoms with Crippen molar-refractivity contribution in [3.8, 4) is 0 Å². The first-order valence-corrected chi connectivity index (χ1v) is 7.70. The van der Waals surface area contributed by atoms with Gasteiger partial charge in [-0.2, -0.15) is 0 Å². The van der Waals surface area contributed by atoms with Gasteiger partial charge in [0.25, 0.3) is 5.56 Å². The fraction of sp³-hybridized carbons (Fsp3) is 0.286. The molecule has 0 aliphatic rings. The second-order valence-corrected chi connectivity index (χ2v) is 5.80. The summed E-state index contributed by atoms with van der Waals surface area (Å²) in [6.07, 6.45) is 6.99. The van der Waals surface area contributed by atoms with E-state index in [1.165, 1.54) is 28.4 Å². The highest BCUT2D eigenvalue weighted by Crippen LogP contribution is 2.11. The van der Waals surface area contributed by atoms with Gasteiger partial charge in [-0.15, -0.1) is 11.3 Å². The number of fused-ring (bicyclic) bond motifs is 1. The highest BCUT2D eigenvalue weighted by atomic mass is 32.1. The van der Waals surface area contributed by atoms with Crippen molar-refractivity contribution < 1.29 is 4.79 Å². The van der Waals surface area contributed by atoms with E-state index in [4.69, 9.17) is 0 Å². The zero-order valence-electron chi connectivity index (χ0n) is 12.0. The van der Waals surface area contributed by atoms with Crippen LogP contribution in [0.2, 0.25) is 0 Å². The van der Waals surface area contributed by atoms with Gasteiger partial charge in [0.2, 0.25) is 5.91 Å². The van der Waals surface area contributed by atoms with Crippen LogP contribution in [0.15, 0.2) is 35.1 Å². The van der Waals surface area contributed by atoms with Crippen LogP contribution in [0.1, 0.15) is 11.3 Å². The van der Waals surface area contributed by atoms with Crippen LogP contribution in [0, 0.1) is 6.92 Å². The summed E-state index contributed by atoms with van der Waals surface area (Å²) in [6.45, 7) is 2.50. The summed E-state index contributed by atoms with van der Waals surface area (Å²) < 4.78 is 3.38. The Bertz CT molecular complexity index is 835. The molecule has 3 heterocycles. The van der Waals surface area contributed by atoms with Gasteiger partial charge in [-0.1, -0.05) is 0 Å². The molecule has 22 heavy (non-hydrogen) atoms. The maximum absolute atomic E-state index is 11.9. The van der Waals surface area contributed by atoms with Crippen LogP contribution in [-0.2, 0) is 17.8 Å². The molecule has 0 atom stereocenters. The zero-order valence-corrected chi connectivity index (χ0v) is 12.8. The first-order valence-electron chi connectivity index (χ1n) is 6.82. The Labute approximate surface area is 130 Å². The van der Waals surface area contributed by atoms with E-state index in [0.717, 1.165) is 10.7 Å². The van der Waals surface area contributed by atoms with Gasteiger partial charge in [-0.3, -0.25) is 18.6 Å². The Hall–Kier alpha value is -2.48. The van der Waals surface area contributed by atoms with Crippen LogP contribution < -0.4 is 10.9 Å². The first kappa shape index (κ1) is 14.5. The third-order valence-electron chi connectivity index (χ3n) is 3.23. The number of aryl methyl sites for hydroxylation is 1. The average molecular weight is 317 g/mol. The van der Waals surface area contributed by atoms with Crippen molar-refractivity contribution in [1.29, 1.82) is 0 Å². The molecule has 1 amide bonds. The smallest absolute Gasteiger partial charge is 0.256 e. The quantitative estimate of drug-likeness (QED) is 0.748. The fourth-order valence-electron chi connectivity index (χ4n) is 2.12. The number of carbonyl (C=O) groups is 1. The summed E-state index contributed by atoms with van der Waals surface area (Å²) >= 11 is 1.53. The number of imidazole rings is 1. The van der Waals surface area contributed by atoms with E-state index < -0.39 is 0 Å². The van der Waals surface area contributed by atoms with Crippen LogP contribution in [-0.4, -0.2) is 31.4 Å². The molecule has 0 unspecified atom stereocenters. The number of rotatable bonds is 5. The van der Waals surface area contributed by atoms with Gasteiger partial charge in [-0.05, 0) is 6.92 Å². The van der Waals surface area contributed by atoms with Crippen LogP contribution in [0.25, 0.3) is 4.96 Å². The molecule has 3 rings (SSSR count). The van der Waals surface area contributed by atoms with Crippen LogP contribution in [0.3, 0.4) is 0 Å². The minimum absolute atomic E-state index is 0.0846. The van der Waals surface area contributed by atoms with Crippen LogP contribution in [0.5, 0.6) is 0 Å². The predicted octanol–water partition coefficient (Wildman–Crippen LogP) is 0.620. The summed E-state index contributed by atoms with van der Waals surface area (Å²) in [4.78, 5) is 32.9. The molecule has 0 aliphatic heterocycles. The maximum Gasteiger partial charge on any atom is 0.256 e. The Morgan fingerprint density at radius 2 is 2.32 bits per heavy atom. The highest BCUT2D eigenvalue weighted by Gasteiger charge is 2.08. The lowest BCUT2D eigenvalue weighted by molar-refractivity contribution is -0.120. The molecule has 0 radical (unpaired) electrons. The Balaban J connectivity index is 1.53. The van der Waals surface area contributed by atoms with Gasteiger partial charge in [-0.25, -0.2) is 9.97 Å². The van der Waals surface area contributed by atoms with Gasteiger partial charge in [0, 0.05) is 42.6 Å². The molecule has 0 saturated heterocycles. The summed E-state index contributed by atoms with van der Waals surface area (Å²) in [7, 11) is 0. The SMILES string of the molecule is Cc1cncn(CCNC(=O)Cc2cn3ccsc3n2)c1=O. The van der Waals surface area contributed by atoms with Crippen molar-refractivity contribution >= 4 is 22.2 Å². The Kier molecular flexibility index (Phi) is 4.01. The van der Waals surface area contributed by atoms with Crippen molar-refractivity contribution in [1.82, 2.24) is 24.3 Å². The number of nitrogens with zero attached hydrogens (tertiary/aromatic N) is 4. The summed E-state index contributed by atoms with van der Waals surface area (Å²) in [5.74, 6) is -0.112. The highest BCUT2D eigenvalue weighted by molar-refractivity contribution is 7.15. The molecule has 0 fully saturated rings. The number of aromatic nitrogens is 4. The van der Waals surface area contributed by atoms with Crippen molar-refractivity contribution in [3.63, 3.8) is 0 Å². The standard InChI is InChI=1S/C14H15N5O2S/c1-10-7-15-9-19(13(10)21)3-2-16-12(20)6-11-8-18-4-5-22-14(18)17-11/h4-5,7-9H,2-3,6H2,1H3,(H,16,20). The molecule has 0 saturated carbocycles. The lowest BCUT2D eigenvalue weighted by atomic mass is 10.3. The van der Waals surface area contributed by atoms with Crippen molar-refractivity contribution in [2.45, 2.75) is 19.9 Å². The monoisotopic (exact) mass is 317 g/mol. The molecule has 8 heteroatoms. The second-order valence-electron chi connectivity index (χ2n) is 4.93. The number of amides is 1. The second kappa shape index (κ2) is 6.10.